The van der Waals surface area contributed by atoms with Crippen LogP contribution >= 0.6 is 24.0 Å². The van der Waals surface area contributed by atoms with Gasteiger partial charge in [0.2, 0.25) is 0 Å². The number of anilines is 1. The summed E-state index contributed by atoms with van der Waals surface area (Å²) in [5.74, 6) is -1.70. The van der Waals surface area contributed by atoms with Crippen molar-refractivity contribution in [3.8, 4) is 11.5 Å². The van der Waals surface area contributed by atoms with Crippen molar-refractivity contribution in [3.05, 3.63) is 58.5 Å². The first-order valence-corrected chi connectivity index (χ1v) is 8.59. The van der Waals surface area contributed by atoms with Gasteiger partial charge in [-0.25, -0.2) is 4.79 Å². The summed E-state index contributed by atoms with van der Waals surface area (Å²) in [5, 5.41) is 20.8. The number of hydrogen-bond acceptors (Lipinski definition) is 6. The van der Waals surface area contributed by atoms with Crippen LogP contribution in [0.25, 0.3) is 6.08 Å². The van der Waals surface area contributed by atoms with Gasteiger partial charge in [-0.05, 0) is 42.0 Å². The molecule has 6 nitrogen and oxygen atoms in total. The summed E-state index contributed by atoms with van der Waals surface area (Å²) in [6, 6.07) is 10.9. The summed E-state index contributed by atoms with van der Waals surface area (Å²) >= 11 is 6.36. The highest BCUT2D eigenvalue weighted by Gasteiger charge is 2.33. The Morgan fingerprint density at radius 3 is 2.73 bits per heavy atom. The Morgan fingerprint density at radius 1 is 1.31 bits per heavy atom. The smallest absolute Gasteiger partial charge is 0.335 e. The lowest BCUT2D eigenvalue weighted by Crippen LogP contribution is -2.27. The molecule has 1 fully saturated rings. The first-order valence-electron chi connectivity index (χ1n) is 7.37. The molecule has 0 aliphatic carbocycles. The Labute approximate surface area is 158 Å². The molecule has 0 atom stereocenters. The molecule has 0 saturated carbocycles. The fourth-order valence-corrected chi connectivity index (χ4v) is 3.70. The number of carboxylic acid groups (broad SMARTS) is 1. The molecule has 2 aromatic carbocycles. The minimum Gasteiger partial charge on any atom is -0.872 e. The van der Waals surface area contributed by atoms with E-state index in [1.54, 1.807) is 31.4 Å². The third-order valence-corrected chi connectivity index (χ3v) is 4.94. The Hall–Kier alpha value is -2.84. The minimum absolute atomic E-state index is 0.247. The van der Waals surface area contributed by atoms with Crippen molar-refractivity contribution in [1.82, 2.24) is 0 Å². The number of methoxy groups -OCH3 is 1. The van der Waals surface area contributed by atoms with Gasteiger partial charge < -0.3 is 14.9 Å². The SMILES string of the molecule is COc1cccc(/C=C2\SC(=S)N(c3ccc(C(=O)O)c([O-])c3)C2=O)c1. The highest BCUT2D eigenvalue weighted by molar-refractivity contribution is 8.27. The van der Waals surface area contributed by atoms with E-state index in [9.17, 15) is 14.7 Å². The standard InChI is InChI=1S/C18H13NO5S2/c1-24-12-4-2-3-10(7-12)8-15-16(21)19(18(25)26-15)11-5-6-13(17(22)23)14(20)9-11/h2-9,20H,1H3,(H,22,23)/p-1/b15-8-. The van der Waals surface area contributed by atoms with Crippen LogP contribution < -0.4 is 14.7 Å². The third-order valence-electron chi connectivity index (χ3n) is 3.64. The molecule has 2 aromatic rings. The average molecular weight is 386 g/mol. The van der Waals surface area contributed by atoms with Crippen molar-refractivity contribution in [2.45, 2.75) is 0 Å². The van der Waals surface area contributed by atoms with Crippen LogP contribution in [-0.2, 0) is 4.79 Å². The summed E-state index contributed by atoms with van der Waals surface area (Å²) in [5.41, 5.74) is 0.665. The Kier molecular flexibility index (Phi) is 4.97. The fraction of sp³-hybridized carbons (Fsp3) is 0.0556. The molecule has 0 unspecified atom stereocenters. The summed E-state index contributed by atoms with van der Waals surface area (Å²) in [7, 11) is 1.56. The highest BCUT2D eigenvalue weighted by Crippen LogP contribution is 2.37. The lowest BCUT2D eigenvalue weighted by Gasteiger charge is -2.18. The molecular formula is C18H12NO5S2-. The van der Waals surface area contributed by atoms with Gasteiger partial charge in [0, 0.05) is 0 Å². The van der Waals surface area contributed by atoms with Crippen LogP contribution in [0.1, 0.15) is 15.9 Å². The van der Waals surface area contributed by atoms with E-state index in [4.69, 9.17) is 22.1 Å². The van der Waals surface area contributed by atoms with Gasteiger partial charge in [-0.2, -0.15) is 0 Å². The van der Waals surface area contributed by atoms with Gasteiger partial charge >= 0.3 is 5.97 Å². The van der Waals surface area contributed by atoms with Crippen molar-refractivity contribution in [1.29, 1.82) is 0 Å². The summed E-state index contributed by atoms with van der Waals surface area (Å²) < 4.78 is 5.43. The fourth-order valence-electron chi connectivity index (χ4n) is 2.40. The summed E-state index contributed by atoms with van der Waals surface area (Å²) in [6.07, 6.45) is 1.69. The number of thioether (sulfide) groups is 1. The predicted octanol–water partition coefficient (Wildman–Crippen LogP) is 2.87. The Balaban J connectivity index is 1.93. The molecule has 0 radical (unpaired) electrons. The van der Waals surface area contributed by atoms with E-state index < -0.39 is 11.7 Å². The van der Waals surface area contributed by atoms with E-state index in [1.807, 2.05) is 6.07 Å². The Morgan fingerprint density at radius 2 is 2.08 bits per heavy atom. The lowest BCUT2D eigenvalue weighted by atomic mass is 10.1. The number of amides is 1. The number of ether oxygens (including phenoxy) is 1. The van der Waals surface area contributed by atoms with E-state index in [-0.39, 0.29) is 21.5 Å². The van der Waals surface area contributed by atoms with Crippen LogP contribution in [-0.4, -0.2) is 28.4 Å². The maximum Gasteiger partial charge on any atom is 0.335 e. The average Bonchev–Trinajstić information content (AvgIpc) is 2.88. The molecule has 1 amide bonds. The molecule has 3 rings (SSSR count). The molecule has 0 bridgehead atoms. The molecular weight excluding hydrogens is 374 g/mol. The van der Waals surface area contributed by atoms with Gasteiger partial charge in [0.15, 0.2) is 4.32 Å². The molecule has 132 valence electrons. The topological polar surface area (TPSA) is 89.9 Å². The second-order valence-electron chi connectivity index (χ2n) is 5.28. The monoisotopic (exact) mass is 386 g/mol. The van der Waals surface area contributed by atoms with Gasteiger partial charge in [-0.15, -0.1) is 0 Å². The number of carboxylic acids is 1. The number of rotatable bonds is 4. The van der Waals surface area contributed by atoms with Crippen molar-refractivity contribution in [3.63, 3.8) is 0 Å². The van der Waals surface area contributed by atoms with Crippen LogP contribution in [0.4, 0.5) is 5.69 Å². The second-order valence-corrected chi connectivity index (χ2v) is 6.96. The zero-order chi connectivity index (χ0) is 18.8. The van der Waals surface area contributed by atoms with Gasteiger partial charge in [0.25, 0.3) is 5.91 Å². The molecule has 1 saturated heterocycles. The molecule has 8 heteroatoms. The van der Waals surface area contributed by atoms with Crippen LogP contribution in [0, 0.1) is 0 Å². The molecule has 0 spiro atoms. The zero-order valence-corrected chi connectivity index (χ0v) is 15.1. The summed E-state index contributed by atoms with van der Waals surface area (Å²) in [4.78, 5) is 25.3. The summed E-state index contributed by atoms with van der Waals surface area (Å²) in [6.45, 7) is 0. The van der Waals surface area contributed by atoms with Crippen LogP contribution in [0.5, 0.6) is 11.5 Å². The van der Waals surface area contributed by atoms with E-state index in [0.29, 0.717) is 10.7 Å². The highest BCUT2D eigenvalue weighted by atomic mass is 32.2. The Bertz CT molecular complexity index is 954. The quantitative estimate of drug-likeness (QED) is 0.638. The third kappa shape index (κ3) is 3.42. The number of hydrogen-bond donors (Lipinski definition) is 1. The lowest BCUT2D eigenvalue weighted by molar-refractivity contribution is -0.268. The maximum atomic E-state index is 12.7. The van der Waals surface area contributed by atoms with Gasteiger partial charge in [0.05, 0.1) is 23.3 Å². The number of carbonyl (C=O) groups excluding carboxylic acids is 1. The number of benzene rings is 2. The van der Waals surface area contributed by atoms with E-state index >= 15 is 0 Å². The van der Waals surface area contributed by atoms with E-state index in [2.05, 4.69) is 0 Å². The predicted molar refractivity (Wildman–Crippen MR) is 101 cm³/mol. The maximum absolute atomic E-state index is 12.7. The second kappa shape index (κ2) is 7.19. The van der Waals surface area contributed by atoms with Crippen molar-refractivity contribution < 1.29 is 24.5 Å². The van der Waals surface area contributed by atoms with Gasteiger partial charge in [0.1, 0.15) is 5.75 Å². The number of thiocarbonyl (C=S) groups is 1. The first kappa shape index (κ1) is 18.0. The largest absolute Gasteiger partial charge is 0.872 e. The van der Waals surface area contributed by atoms with Crippen LogP contribution in [0.3, 0.4) is 0 Å². The van der Waals surface area contributed by atoms with Crippen LogP contribution in [0.15, 0.2) is 47.4 Å². The number of carbonyl (C=O) groups is 2. The molecule has 1 N–H and O–H groups in total. The minimum atomic E-state index is -1.31. The van der Waals surface area contributed by atoms with Crippen molar-refractivity contribution in [2.75, 3.05) is 12.0 Å². The normalized spacial score (nSPS) is 15.6. The van der Waals surface area contributed by atoms with Crippen molar-refractivity contribution >= 4 is 51.9 Å². The van der Waals surface area contributed by atoms with E-state index in [0.717, 1.165) is 23.4 Å². The molecule has 1 aliphatic rings. The van der Waals surface area contributed by atoms with Crippen molar-refractivity contribution in [2.24, 2.45) is 0 Å². The molecule has 0 aromatic heterocycles. The molecule has 26 heavy (non-hydrogen) atoms. The van der Waals surface area contributed by atoms with Gasteiger partial charge in [-0.1, -0.05) is 41.9 Å². The van der Waals surface area contributed by atoms with Gasteiger partial charge in [-0.3, -0.25) is 9.69 Å². The molecule has 1 aliphatic heterocycles. The number of nitrogens with zero attached hydrogens (tertiary/aromatic N) is 1. The zero-order valence-electron chi connectivity index (χ0n) is 13.5. The first-order chi connectivity index (χ1) is 12.4. The van der Waals surface area contributed by atoms with Crippen LogP contribution in [0.2, 0.25) is 0 Å². The number of aromatic carboxylic acids is 1. The van der Waals surface area contributed by atoms with E-state index in [1.165, 1.54) is 17.0 Å². The molecule has 1 heterocycles.